The Morgan fingerprint density at radius 1 is 1.07 bits per heavy atom. The molecule has 84 valence electrons. The van der Waals surface area contributed by atoms with Crippen LogP contribution in [0.15, 0.2) is 0 Å². The highest BCUT2D eigenvalue weighted by Gasteiger charge is 2.28. The van der Waals surface area contributed by atoms with Gasteiger partial charge in [0.1, 0.15) is 0 Å². The number of hydrogen-bond donors (Lipinski definition) is 1. The van der Waals surface area contributed by atoms with Crippen LogP contribution < -0.4 is 5.32 Å². The molecule has 0 saturated heterocycles. The van der Waals surface area contributed by atoms with Crippen LogP contribution in [0.25, 0.3) is 0 Å². The van der Waals surface area contributed by atoms with E-state index in [0.717, 1.165) is 17.9 Å². The smallest absolute Gasteiger partial charge is 0.00694 e. The maximum atomic E-state index is 3.72. The van der Waals surface area contributed by atoms with Gasteiger partial charge >= 0.3 is 0 Å². The zero-order valence-corrected chi connectivity index (χ0v) is 10.3. The first kappa shape index (κ1) is 12.0. The summed E-state index contributed by atoms with van der Waals surface area (Å²) >= 11 is 0. The topological polar surface area (TPSA) is 12.0 Å². The first-order valence-electron chi connectivity index (χ1n) is 6.35. The Labute approximate surface area is 89.7 Å². The van der Waals surface area contributed by atoms with E-state index < -0.39 is 0 Å². The number of nitrogens with one attached hydrogen (secondary N) is 1. The van der Waals surface area contributed by atoms with Crippen molar-refractivity contribution >= 4 is 0 Å². The summed E-state index contributed by atoms with van der Waals surface area (Å²) in [4.78, 5) is 0. The lowest BCUT2D eigenvalue weighted by Gasteiger charge is -2.19. The van der Waals surface area contributed by atoms with Crippen LogP contribution in [0.4, 0.5) is 0 Å². The molecule has 0 aliphatic heterocycles. The average molecular weight is 197 g/mol. The van der Waals surface area contributed by atoms with Gasteiger partial charge in [0.25, 0.3) is 0 Å². The van der Waals surface area contributed by atoms with Crippen molar-refractivity contribution in [3.8, 4) is 0 Å². The summed E-state index contributed by atoms with van der Waals surface area (Å²) < 4.78 is 0. The van der Waals surface area contributed by atoms with Crippen molar-refractivity contribution in [3.63, 3.8) is 0 Å². The van der Waals surface area contributed by atoms with Gasteiger partial charge in [0, 0.05) is 12.1 Å². The van der Waals surface area contributed by atoms with Crippen molar-refractivity contribution in [3.05, 3.63) is 0 Å². The largest absolute Gasteiger partial charge is 0.312 e. The van der Waals surface area contributed by atoms with Crippen molar-refractivity contribution in [1.82, 2.24) is 5.32 Å². The van der Waals surface area contributed by atoms with Crippen LogP contribution in [0.1, 0.15) is 59.8 Å². The van der Waals surface area contributed by atoms with Crippen LogP contribution in [0, 0.1) is 11.8 Å². The minimum Gasteiger partial charge on any atom is -0.312 e. The molecule has 1 nitrogen and oxygen atoms in total. The summed E-state index contributed by atoms with van der Waals surface area (Å²) in [6.07, 6.45) is 7.00. The fourth-order valence-corrected chi connectivity index (χ4v) is 2.10. The van der Waals surface area contributed by atoms with Crippen molar-refractivity contribution < 1.29 is 0 Å². The Balaban J connectivity index is 2.00. The average Bonchev–Trinajstić information content (AvgIpc) is 2.84. The molecule has 1 saturated carbocycles. The first-order chi connectivity index (χ1) is 6.59. The SMILES string of the molecule is CC(C)CCCC(C)NC(C)C1CC1. The van der Waals surface area contributed by atoms with E-state index in [-0.39, 0.29) is 0 Å². The normalized spacial score (nSPS) is 21.2. The number of rotatable bonds is 7. The third kappa shape index (κ3) is 4.99. The Bertz CT molecular complexity index is 149. The third-order valence-corrected chi connectivity index (χ3v) is 3.30. The lowest BCUT2D eigenvalue weighted by molar-refractivity contribution is 0.396. The fourth-order valence-electron chi connectivity index (χ4n) is 2.10. The van der Waals surface area contributed by atoms with E-state index in [2.05, 4.69) is 33.0 Å². The lowest BCUT2D eigenvalue weighted by Crippen LogP contribution is -2.35. The molecular weight excluding hydrogens is 170 g/mol. The standard InChI is InChI=1S/C13H27N/c1-10(2)6-5-7-11(3)14-12(4)13-8-9-13/h10-14H,5-9H2,1-4H3. The highest BCUT2D eigenvalue weighted by atomic mass is 14.9. The van der Waals surface area contributed by atoms with E-state index in [1.165, 1.54) is 32.1 Å². The molecule has 0 radical (unpaired) electrons. The molecule has 1 N–H and O–H groups in total. The molecule has 1 aliphatic carbocycles. The Hall–Kier alpha value is -0.0400. The highest BCUT2D eigenvalue weighted by molar-refractivity contribution is 4.84. The Kier molecular flexibility index (Phi) is 4.94. The molecule has 1 rings (SSSR count). The van der Waals surface area contributed by atoms with Gasteiger partial charge in [-0.15, -0.1) is 0 Å². The summed E-state index contributed by atoms with van der Waals surface area (Å²) in [5.41, 5.74) is 0. The molecule has 0 aromatic rings. The molecule has 1 heteroatoms. The Morgan fingerprint density at radius 3 is 2.21 bits per heavy atom. The predicted octanol–water partition coefficient (Wildman–Crippen LogP) is 3.59. The van der Waals surface area contributed by atoms with E-state index in [0.29, 0.717) is 6.04 Å². The maximum absolute atomic E-state index is 3.72. The fraction of sp³-hybridized carbons (Fsp3) is 1.00. The highest BCUT2D eigenvalue weighted by Crippen LogP contribution is 2.32. The molecule has 1 fully saturated rings. The van der Waals surface area contributed by atoms with Gasteiger partial charge in [0.05, 0.1) is 0 Å². The predicted molar refractivity (Wildman–Crippen MR) is 63.5 cm³/mol. The molecule has 0 aromatic heterocycles. The molecule has 0 bridgehead atoms. The second-order valence-corrected chi connectivity index (χ2v) is 5.52. The monoisotopic (exact) mass is 197 g/mol. The van der Waals surface area contributed by atoms with Gasteiger partial charge in [0.15, 0.2) is 0 Å². The summed E-state index contributed by atoms with van der Waals surface area (Å²) in [7, 11) is 0. The van der Waals surface area contributed by atoms with E-state index >= 15 is 0 Å². The molecular formula is C13H27N. The minimum atomic E-state index is 0.712. The summed E-state index contributed by atoms with van der Waals surface area (Å²) in [5, 5.41) is 3.72. The van der Waals surface area contributed by atoms with E-state index in [4.69, 9.17) is 0 Å². The quantitative estimate of drug-likeness (QED) is 0.657. The lowest BCUT2D eigenvalue weighted by atomic mass is 10.0. The van der Waals surface area contributed by atoms with Crippen molar-refractivity contribution in [1.29, 1.82) is 0 Å². The second-order valence-electron chi connectivity index (χ2n) is 5.52. The van der Waals surface area contributed by atoms with Gasteiger partial charge in [-0.05, 0) is 44.9 Å². The van der Waals surface area contributed by atoms with Crippen LogP contribution in [0.2, 0.25) is 0 Å². The number of hydrogen-bond acceptors (Lipinski definition) is 1. The molecule has 0 aromatic carbocycles. The summed E-state index contributed by atoms with van der Waals surface area (Å²) in [5.74, 6) is 1.85. The molecule has 0 heterocycles. The molecule has 0 amide bonds. The van der Waals surface area contributed by atoms with E-state index in [1.807, 2.05) is 0 Å². The molecule has 14 heavy (non-hydrogen) atoms. The van der Waals surface area contributed by atoms with E-state index in [1.54, 1.807) is 0 Å². The second kappa shape index (κ2) is 5.75. The molecule has 2 atom stereocenters. The minimum absolute atomic E-state index is 0.712. The van der Waals surface area contributed by atoms with Gasteiger partial charge in [-0.25, -0.2) is 0 Å². The van der Waals surface area contributed by atoms with Crippen LogP contribution in [0.3, 0.4) is 0 Å². The summed E-state index contributed by atoms with van der Waals surface area (Å²) in [6.45, 7) is 9.30. The van der Waals surface area contributed by atoms with Crippen molar-refractivity contribution in [2.45, 2.75) is 71.9 Å². The van der Waals surface area contributed by atoms with Crippen LogP contribution >= 0.6 is 0 Å². The molecule has 2 unspecified atom stereocenters. The zero-order chi connectivity index (χ0) is 10.6. The van der Waals surface area contributed by atoms with Crippen LogP contribution in [-0.4, -0.2) is 12.1 Å². The summed E-state index contributed by atoms with van der Waals surface area (Å²) in [6, 6.07) is 1.47. The van der Waals surface area contributed by atoms with Crippen LogP contribution in [0.5, 0.6) is 0 Å². The molecule has 1 aliphatic rings. The third-order valence-electron chi connectivity index (χ3n) is 3.30. The van der Waals surface area contributed by atoms with Gasteiger partial charge in [-0.2, -0.15) is 0 Å². The van der Waals surface area contributed by atoms with Crippen LogP contribution in [-0.2, 0) is 0 Å². The zero-order valence-electron chi connectivity index (χ0n) is 10.3. The van der Waals surface area contributed by atoms with Gasteiger partial charge < -0.3 is 5.32 Å². The van der Waals surface area contributed by atoms with Crippen molar-refractivity contribution in [2.75, 3.05) is 0 Å². The van der Waals surface area contributed by atoms with Gasteiger partial charge in [0.2, 0.25) is 0 Å². The van der Waals surface area contributed by atoms with E-state index in [9.17, 15) is 0 Å². The molecule has 0 spiro atoms. The van der Waals surface area contributed by atoms with Crippen molar-refractivity contribution in [2.24, 2.45) is 11.8 Å². The van der Waals surface area contributed by atoms with Gasteiger partial charge in [-0.3, -0.25) is 0 Å². The maximum Gasteiger partial charge on any atom is 0.00694 e. The Morgan fingerprint density at radius 2 is 1.71 bits per heavy atom. The first-order valence-corrected chi connectivity index (χ1v) is 6.35. The van der Waals surface area contributed by atoms with Gasteiger partial charge in [-0.1, -0.05) is 26.7 Å².